The smallest absolute Gasteiger partial charge is 0.0165 e. The van der Waals surface area contributed by atoms with Crippen LogP contribution in [0.15, 0.2) is 11.6 Å². The molecule has 2 atom stereocenters. The SMILES string of the molecule is CC(C)=CCN1CCC(N[C@H]2CCC[C@@H](N(C)C)C2)CC1. The Morgan fingerprint density at radius 2 is 1.81 bits per heavy atom. The van der Waals surface area contributed by atoms with Crippen LogP contribution >= 0.6 is 0 Å². The first-order chi connectivity index (χ1) is 10.0. The van der Waals surface area contributed by atoms with Crippen LogP contribution in [-0.4, -0.2) is 61.7 Å². The van der Waals surface area contributed by atoms with E-state index in [0.717, 1.165) is 24.7 Å². The molecule has 0 aromatic rings. The molecule has 1 N–H and O–H groups in total. The highest BCUT2D eigenvalue weighted by atomic mass is 15.1. The normalized spacial score (nSPS) is 28.8. The maximum absolute atomic E-state index is 3.96. The van der Waals surface area contributed by atoms with Crippen LogP contribution < -0.4 is 5.32 Å². The average molecular weight is 293 g/mol. The molecule has 0 amide bonds. The van der Waals surface area contributed by atoms with E-state index in [0.29, 0.717) is 0 Å². The molecule has 1 saturated carbocycles. The Balaban J connectivity index is 1.69. The van der Waals surface area contributed by atoms with Crippen molar-refractivity contribution >= 4 is 0 Å². The van der Waals surface area contributed by atoms with Gasteiger partial charge in [0.05, 0.1) is 0 Å². The maximum Gasteiger partial charge on any atom is 0.0165 e. The standard InChI is InChI=1S/C18H35N3/c1-15(2)8-11-21-12-9-16(10-13-21)19-17-6-5-7-18(14-17)20(3)4/h8,16-19H,5-7,9-14H2,1-4H3/t17-,18+/m0/s1. The lowest BCUT2D eigenvalue weighted by atomic mass is 9.89. The number of nitrogens with one attached hydrogen (secondary N) is 1. The Kier molecular flexibility index (Phi) is 6.72. The molecule has 2 fully saturated rings. The van der Waals surface area contributed by atoms with Crippen molar-refractivity contribution in [1.29, 1.82) is 0 Å². The van der Waals surface area contributed by atoms with Crippen molar-refractivity contribution in [2.45, 2.75) is 70.5 Å². The number of piperidine rings is 1. The molecule has 1 aliphatic carbocycles. The third-order valence-electron chi connectivity index (χ3n) is 5.19. The van der Waals surface area contributed by atoms with E-state index >= 15 is 0 Å². The predicted octanol–water partition coefficient (Wildman–Crippen LogP) is 2.88. The molecule has 1 heterocycles. The van der Waals surface area contributed by atoms with Gasteiger partial charge in [0.25, 0.3) is 0 Å². The quantitative estimate of drug-likeness (QED) is 0.786. The second-order valence-electron chi connectivity index (χ2n) is 7.50. The summed E-state index contributed by atoms with van der Waals surface area (Å²) >= 11 is 0. The van der Waals surface area contributed by atoms with Gasteiger partial charge in [-0.15, -0.1) is 0 Å². The van der Waals surface area contributed by atoms with Gasteiger partial charge in [-0.05, 0) is 73.1 Å². The number of allylic oxidation sites excluding steroid dienone is 1. The Morgan fingerprint density at radius 3 is 2.43 bits per heavy atom. The first-order valence-corrected chi connectivity index (χ1v) is 8.83. The molecule has 0 aromatic heterocycles. The predicted molar refractivity (Wildman–Crippen MR) is 91.8 cm³/mol. The highest BCUT2D eigenvalue weighted by Gasteiger charge is 2.26. The van der Waals surface area contributed by atoms with Crippen molar-refractivity contribution in [1.82, 2.24) is 15.1 Å². The Morgan fingerprint density at radius 1 is 1.10 bits per heavy atom. The molecule has 0 bridgehead atoms. The zero-order chi connectivity index (χ0) is 15.2. The van der Waals surface area contributed by atoms with Gasteiger partial charge in [0.1, 0.15) is 0 Å². The molecule has 0 aromatic carbocycles. The van der Waals surface area contributed by atoms with Gasteiger partial charge in [-0.2, -0.15) is 0 Å². The van der Waals surface area contributed by atoms with E-state index in [-0.39, 0.29) is 0 Å². The second-order valence-corrected chi connectivity index (χ2v) is 7.50. The van der Waals surface area contributed by atoms with Gasteiger partial charge < -0.3 is 10.2 Å². The third kappa shape index (κ3) is 5.72. The van der Waals surface area contributed by atoms with Crippen LogP contribution in [0.5, 0.6) is 0 Å². The summed E-state index contributed by atoms with van der Waals surface area (Å²) in [6.07, 6.45) is 10.5. The molecule has 3 heteroatoms. The van der Waals surface area contributed by atoms with Gasteiger partial charge in [0, 0.05) is 24.7 Å². The fourth-order valence-electron chi connectivity index (χ4n) is 3.71. The van der Waals surface area contributed by atoms with E-state index in [1.54, 1.807) is 0 Å². The Labute approximate surface area is 131 Å². The van der Waals surface area contributed by atoms with Crippen LogP contribution in [0.3, 0.4) is 0 Å². The van der Waals surface area contributed by atoms with E-state index in [2.05, 4.69) is 49.1 Å². The molecular formula is C18H35N3. The number of nitrogens with zero attached hydrogens (tertiary/aromatic N) is 2. The monoisotopic (exact) mass is 293 g/mol. The minimum Gasteiger partial charge on any atom is -0.311 e. The molecule has 3 nitrogen and oxygen atoms in total. The number of rotatable bonds is 5. The molecule has 2 rings (SSSR count). The summed E-state index contributed by atoms with van der Waals surface area (Å²) in [6.45, 7) is 8.04. The molecule has 1 aliphatic heterocycles. The Hall–Kier alpha value is -0.380. The van der Waals surface area contributed by atoms with Crippen molar-refractivity contribution in [3.8, 4) is 0 Å². The lowest BCUT2D eigenvalue weighted by molar-refractivity contribution is 0.165. The highest BCUT2D eigenvalue weighted by molar-refractivity contribution is 4.96. The lowest BCUT2D eigenvalue weighted by Gasteiger charge is -2.38. The highest BCUT2D eigenvalue weighted by Crippen LogP contribution is 2.23. The van der Waals surface area contributed by atoms with Gasteiger partial charge in [0.2, 0.25) is 0 Å². The first-order valence-electron chi connectivity index (χ1n) is 8.83. The third-order valence-corrected chi connectivity index (χ3v) is 5.19. The number of hydrogen-bond acceptors (Lipinski definition) is 3. The summed E-state index contributed by atoms with van der Waals surface area (Å²) in [5.41, 5.74) is 1.44. The van der Waals surface area contributed by atoms with Crippen LogP contribution in [0, 0.1) is 0 Å². The second kappa shape index (κ2) is 8.30. The van der Waals surface area contributed by atoms with Crippen molar-refractivity contribution in [2.24, 2.45) is 0 Å². The molecule has 0 spiro atoms. The fourth-order valence-corrected chi connectivity index (χ4v) is 3.71. The molecule has 0 radical (unpaired) electrons. The molecule has 21 heavy (non-hydrogen) atoms. The van der Waals surface area contributed by atoms with Gasteiger partial charge >= 0.3 is 0 Å². The number of hydrogen-bond donors (Lipinski definition) is 1. The molecule has 0 unspecified atom stereocenters. The molecular weight excluding hydrogens is 258 g/mol. The largest absolute Gasteiger partial charge is 0.311 e. The molecule has 1 saturated heterocycles. The van der Waals surface area contributed by atoms with Gasteiger partial charge in [-0.1, -0.05) is 18.1 Å². The van der Waals surface area contributed by atoms with Gasteiger partial charge in [0.15, 0.2) is 0 Å². The average Bonchev–Trinajstić information content (AvgIpc) is 2.47. The fraction of sp³-hybridized carbons (Fsp3) is 0.889. The maximum atomic E-state index is 3.96. The summed E-state index contributed by atoms with van der Waals surface area (Å²) in [5, 5.41) is 3.96. The van der Waals surface area contributed by atoms with Crippen molar-refractivity contribution < 1.29 is 0 Å². The van der Waals surface area contributed by atoms with E-state index < -0.39 is 0 Å². The molecule has 122 valence electrons. The summed E-state index contributed by atoms with van der Waals surface area (Å²) in [4.78, 5) is 5.00. The lowest BCUT2D eigenvalue weighted by Crippen LogP contribution is -2.49. The molecule has 2 aliphatic rings. The topological polar surface area (TPSA) is 18.5 Å². The van der Waals surface area contributed by atoms with E-state index in [1.165, 1.54) is 57.2 Å². The summed E-state index contributed by atoms with van der Waals surface area (Å²) < 4.78 is 0. The zero-order valence-corrected chi connectivity index (χ0v) is 14.6. The van der Waals surface area contributed by atoms with E-state index in [4.69, 9.17) is 0 Å². The summed E-state index contributed by atoms with van der Waals surface area (Å²) in [5.74, 6) is 0. The van der Waals surface area contributed by atoms with Gasteiger partial charge in [-0.3, -0.25) is 4.90 Å². The first kappa shape index (κ1) is 17.0. The number of likely N-dealkylation sites (tertiary alicyclic amines) is 1. The minimum atomic E-state index is 0.749. The van der Waals surface area contributed by atoms with Crippen LogP contribution in [0.25, 0.3) is 0 Å². The van der Waals surface area contributed by atoms with Crippen LogP contribution in [0.2, 0.25) is 0 Å². The van der Waals surface area contributed by atoms with Crippen LogP contribution in [-0.2, 0) is 0 Å². The van der Waals surface area contributed by atoms with Crippen molar-refractivity contribution in [2.75, 3.05) is 33.7 Å². The van der Waals surface area contributed by atoms with Crippen LogP contribution in [0.1, 0.15) is 52.4 Å². The Bertz CT molecular complexity index is 325. The van der Waals surface area contributed by atoms with E-state index in [1.807, 2.05) is 0 Å². The van der Waals surface area contributed by atoms with Gasteiger partial charge in [-0.25, -0.2) is 0 Å². The van der Waals surface area contributed by atoms with Crippen LogP contribution in [0.4, 0.5) is 0 Å². The summed E-state index contributed by atoms with van der Waals surface area (Å²) in [6, 6.07) is 2.29. The van der Waals surface area contributed by atoms with Crippen molar-refractivity contribution in [3.63, 3.8) is 0 Å². The van der Waals surface area contributed by atoms with E-state index in [9.17, 15) is 0 Å². The summed E-state index contributed by atoms with van der Waals surface area (Å²) in [7, 11) is 4.46. The van der Waals surface area contributed by atoms with Crippen molar-refractivity contribution in [3.05, 3.63) is 11.6 Å². The zero-order valence-electron chi connectivity index (χ0n) is 14.6. The minimum absolute atomic E-state index is 0.749.